The molecule has 3 heterocycles. The number of para-hydroxylation sites is 2. The van der Waals surface area contributed by atoms with Gasteiger partial charge in [0.25, 0.3) is 5.56 Å². The van der Waals surface area contributed by atoms with Gasteiger partial charge in [0.05, 0.1) is 42.8 Å². The normalized spacial score (nSPS) is 11.5. The molecule has 168 valence electrons. The summed E-state index contributed by atoms with van der Waals surface area (Å²) in [5, 5.41) is 0.359. The summed E-state index contributed by atoms with van der Waals surface area (Å²) >= 11 is 0. The van der Waals surface area contributed by atoms with Crippen LogP contribution in [0.1, 0.15) is 30.1 Å². The molecule has 0 radical (unpaired) electrons. The topological polar surface area (TPSA) is 108 Å². The SMILES string of the molecule is CCCCOC(=O)c1c2nc3ccccc3nc2n2c1[nH]c(=O)c1cc(OC)c(OC)cc12. The Bertz CT molecular complexity index is 1600. The third-order valence-corrected chi connectivity index (χ3v) is 5.62. The monoisotopic (exact) mass is 446 g/mol. The first-order valence-corrected chi connectivity index (χ1v) is 10.6. The summed E-state index contributed by atoms with van der Waals surface area (Å²) in [6.07, 6.45) is 1.62. The molecule has 0 fully saturated rings. The molecule has 1 N–H and O–H groups in total. The fraction of sp³-hybridized carbons (Fsp3) is 0.250. The van der Waals surface area contributed by atoms with Gasteiger partial charge in [-0.25, -0.2) is 14.8 Å². The molecule has 33 heavy (non-hydrogen) atoms. The fourth-order valence-corrected chi connectivity index (χ4v) is 3.98. The Morgan fingerprint density at radius 2 is 1.76 bits per heavy atom. The van der Waals surface area contributed by atoms with Gasteiger partial charge in [0, 0.05) is 6.07 Å². The second-order valence-electron chi connectivity index (χ2n) is 7.61. The van der Waals surface area contributed by atoms with Gasteiger partial charge >= 0.3 is 5.97 Å². The van der Waals surface area contributed by atoms with Crippen LogP contribution >= 0.6 is 0 Å². The minimum Gasteiger partial charge on any atom is -0.493 e. The summed E-state index contributed by atoms with van der Waals surface area (Å²) in [5.74, 6) is 0.303. The number of benzene rings is 2. The fourth-order valence-electron chi connectivity index (χ4n) is 3.98. The molecular formula is C24H22N4O5. The predicted molar refractivity (Wildman–Crippen MR) is 124 cm³/mol. The van der Waals surface area contributed by atoms with Crippen LogP contribution in [0.2, 0.25) is 0 Å². The van der Waals surface area contributed by atoms with E-state index in [-0.39, 0.29) is 23.4 Å². The standard InChI is InChI=1S/C24H22N4O5/c1-4-5-10-33-24(30)19-20-22(26-15-9-7-6-8-14(15)25-20)28-16-12-18(32-3)17(31-2)11-13(16)23(29)27-21(19)28/h6-9,11-12H,4-5,10H2,1-3H3,(H,27,29). The molecule has 0 aliphatic heterocycles. The number of aromatic amines is 1. The maximum absolute atomic E-state index is 13.1. The summed E-state index contributed by atoms with van der Waals surface area (Å²) in [7, 11) is 3.02. The van der Waals surface area contributed by atoms with E-state index >= 15 is 0 Å². The number of esters is 1. The van der Waals surface area contributed by atoms with Gasteiger partial charge in [-0.2, -0.15) is 0 Å². The number of H-pyrrole nitrogens is 1. The molecule has 0 bridgehead atoms. The van der Waals surface area contributed by atoms with Gasteiger partial charge < -0.3 is 19.2 Å². The lowest BCUT2D eigenvalue weighted by Gasteiger charge is -2.10. The number of carbonyl (C=O) groups excluding carboxylic acids is 1. The summed E-state index contributed by atoms with van der Waals surface area (Å²) in [5.41, 5.74) is 2.65. The molecule has 0 aliphatic rings. The van der Waals surface area contributed by atoms with Crippen molar-refractivity contribution in [3.8, 4) is 11.5 Å². The number of carbonyl (C=O) groups is 1. The second-order valence-corrected chi connectivity index (χ2v) is 7.61. The number of rotatable bonds is 6. The van der Waals surface area contributed by atoms with E-state index < -0.39 is 5.97 Å². The lowest BCUT2D eigenvalue weighted by atomic mass is 10.2. The van der Waals surface area contributed by atoms with Gasteiger partial charge in [0.2, 0.25) is 0 Å². The Morgan fingerprint density at radius 1 is 1.06 bits per heavy atom. The average molecular weight is 446 g/mol. The van der Waals surface area contributed by atoms with Crippen molar-refractivity contribution in [1.29, 1.82) is 0 Å². The molecule has 2 aromatic carbocycles. The minimum atomic E-state index is -0.559. The van der Waals surface area contributed by atoms with Gasteiger partial charge in [-0.1, -0.05) is 25.5 Å². The molecule has 0 amide bonds. The zero-order valence-electron chi connectivity index (χ0n) is 18.5. The van der Waals surface area contributed by atoms with Crippen molar-refractivity contribution in [2.45, 2.75) is 19.8 Å². The number of hydrogen-bond acceptors (Lipinski definition) is 7. The maximum atomic E-state index is 13.1. The van der Waals surface area contributed by atoms with Crippen LogP contribution in [0.15, 0.2) is 41.2 Å². The lowest BCUT2D eigenvalue weighted by Crippen LogP contribution is -2.13. The van der Waals surface area contributed by atoms with Crippen molar-refractivity contribution in [1.82, 2.24) is 19.4 Å². The summed E-state index contributed by atoms with van der Waals surface area (Å²) < 4.78 is 18.0. The van der Waals surface area contributed by atoms with Crippen LogP contribution in [0.25, 0.3) is 38.7 Å². The zero-order chi connectivity index (χ0) is 23.1. The molecule has 9 nitrogen and oxygen atoms in total. The molecule has 0 aliphatic carbocycles. The van der Waals surface area contributed by atoms with Crippen molar-refractivity contribution in [2.24, 2.45) is 0 Å². The highest BCUT2D eigenvalue weighted by molar-refractivity contribution is 6.11. The molecule has 5 aromatic rings. The number of unbranched alkanes of at least 4 members (excludes halogenated alkanes) is 1. The molecule has 5 rings (SSSR count). The molecule has 0 unspecified atom stereocenters. The van der Waals surface area contributed by atoms with E-state index in [1.54, 1.807) is 16.5 Å². The average Bonchev–Trinajstić information content (AvgIpc) is 3.14. The summed E-state index contributed by atoms with van der Waals surface area (Å²) in [6.45, 7) is 2.29. The molecule has 9 heteroatoms. The Hall–Kier alpha value is -4.14. The van der Waals surface area contributed by atoms with Crippen LogP contribution in [0.3, 0.4) is 0 Å². The van der Waals surface area contributed by atoms with Gasteiger partial charge in [-0.3, -0.25) is 9.20 Å². The van der Waals surface area contributed by atoms with Gasteiger partial charge in [0.15, 0.2) is 17.1 Å². The van der Waals surface area contributed by atoms with Crippen molar-refractivity contribution >= 4 is 44.7 Å². The van der Waals surface area contributed by atoms with Gasteiger partial charge in [0.1, 0.15) is 16.7 Å². The van der Waals surface area contributed by atoms with E-state index in [0.29, 0.717) is 44.6 Å². The van der Waals surface area contributed by atoms with E-state index in [9.17, 15) is 9.59 Å². The van der Waals surface area contributed by atoms with E-state index in [2.05, 4.69) is 4.98 Å². The number of aromatic nitrogens is 4. The van der Waals surface area contributed by atoms with Crippen LogP contribution in [0, 0.1) is 0 Å². The highest BCUT2D eigenvalue weighted by atomic mass is 16.5. The predicted octanol–water partition coefficient (Wildman–Crippen LogP) is 3.85. The number of nitrogens with zero attached hydrogens (tertiary/aromatic N) is 3. The molecule has 0 atom stereocenters. The largest absolute Gasteiger partial charge is 0.493 e. The van der Waals surface area contributed by atoms with Crippen LogP contribution in [0.4, 0.5) is 0 Å². The molecular weight excluding hydrogens is 424 g/mol. The maximum Gasteiger partial charge on any atom is 0.344 e. The van der Waals surface area contributed by atoms with Crippen molar-refractivity contribution in [3.63, 3.8) is 0 Å². The highest BCUT2D eigenvalue weighted by Crippen LogP contribution is 2.34. The zero-order valence-corrected chi connectivity index (χ0v) is 18.5. The van der Waals surface area contributed by atoms with Crippen LogP contribution in [0.5, 0.6) is 11.5 Å². The van der Waals surface area contributed by atoms with E-state index in [0.717, 1.165) is 12.8 Å². The number of methoxy groups -OCH3 is 2. The van der Waals surface area contributed by atoms with Crippen molar-refractivity contribution < 1.29 is 19.0 Å². The van der Waals surface area contributed by atoms with Gasteiger partial charge in [-0.05, 0) is 24.6 Å². The van der Waals surface area contributed by atoms with E-state index in [1.807, 2.05) is 31.2 Å². The lowest BCUT2D eigenvalue weighted by molar-refractivity contribution is 0.0504. The first-order chi connectivity index (χ1) is 16.1. The van der Waals surface area contributed by atoms with Crippen LogP contribution in [-0.4, -0.2) is 46.1 Å². The van der Waals surface area contributed by atoms with Crippen LogP contribution < -0.4 is 15.0 Å². The Labute approximate surface area is 187 Å². The third kappa shape index (κ3) is 3.24. The summed E-state index contributed by atoms with van der Waals surface area (Å²) in [4.78, 5) is 38.5. The quantitative estimate of drug-likeness (QED) is 0.312. The smallest absolute Gasteiger partial charge is 0.344 e. The van der Waals surface area contributed by atoms with E-state index in [1.165, 1.54) is 14.2 Å². The Morgan fingerprint density at radius 3 is 2.45 bits per heavy atom. The van der Waals surface area contributed by atoms with Crippen molar-refractivity contribution in [3.05, 3.63) is 52.3 Å². The molecule has 0 spiro atoms. The number of fused-ring (bicyclic) bond motifs is 6. The second kappa shape index (κ2) is 8.09. The van der Waals surface area contributed by atoms with E-state index in [4.69, 9.17) is 24.2 Å². The molecule has 3 aromatic heterocycles. The van der Waals surface area contributed by atoms with Crippen LogP contribution in [-0.2, 0) is 4.74 Å². The minimum absolute atomic E-state index is 0.174. The third-order valence-electron chi connectivity index (χ3n) is 5.62. The molecule has 0 saturated carbocycles. The Kier molecular flexibility index (Phi) is 5.08. The van der Waals surface area contributed by atoms with Gasteiger partial charge in [-0.15, -0.1) is 0 Å². The number of hydrogen-bond donors (Lipinski definition) is 1. The number of ether oxygens (including phenoxy) is 3. The summed E-state index contributed by atoms with van der Waals surface area (Å²) in [6, 6.07) is 10.7. The van der Waals surface area contributed by atoms with Crippen molar-refractivity contribution in [2.75, 3.05) is 20.8 Å². The first-order valence-electron chi connectivity index (χ1n) is 10.6. The first kappa shape index (κ1) is 20.7. The highest BCUT2D eigenvalue weighted by Gasteiger charge is 2.26. The Balaban J connectivity index is 1.94. The number of nitrogens with one attached hydrogen (secondary N) is 1. The molecule has 0 saturated heterocycles.